The van der Waals surface area contributed by atoms with Gasteiger partial charge in [0.05, 0.1) is 5.70 Å². The van der Waals surface area contributed by atoms with Crippen LogP contribution in [-0.4, -0.2) is 14.8 Å². The molecule has 3 aromatic carbocycles. The Morgan fingerprint density at radius 2 is 1.75 bits per heavy atom. The Morgan fingerprint density at radius 3 is 2.53 bits per heavy atom. The van der Waals surface area contributed by atoms with Gasteiger partial charge in [0.2, 0.25) is 5.95 Å². The number of nitrogens with one attached hydrogen (secondary N) is 1. The van der Waals surface area contributed by atoms with E-state index in [1.165, 1.54) is 18.5 Å². The van der Waals surface area contributed by atoms with E-state index in [0.717, 1.165) is 38.2 Å². The van der Waals surface area contributed by atoms with Crippen LogP contribution in [0.15, 0.2) is 83.1 Å². The van der Waals surface area contributed by atoms with Crippen LogP contribution in [0.3, 0.4) is 0 Å². The van der Waals surface area contributed by atoms with Crippen LogP contribution < -0.4 is 10.1 Å². The minimum absolute atomic E-state index is 0.294. The summed E-state index contributed by atoms with van der Waals surface area (Å²) in [5, 5.41) is 8.51. The first-order valence-corrected chi connectivity index (χ1v) is 11.1. The number of hydrogen-bond acceptors (Lipinski definition) is 4. The Hall–Kier alpha value is -3.16. The van der Waals surface area contributed by atoms with Crippen LogP contribution in [0.2, 0.25) is 5.02 Å². The molecule has 2 aliphatic heterocycles. The molecule has 158 valence electrons. The number of nitrogens with zero attached hydrogens (tertiary/aromatic N) is 3. The van der Waals surface area contributed by atoms with E-state index in [0.29, 0.717) is 11.0 Å². The topological polar surface area (TPSA) is 52.0 Å². The average molecular weight is 510 g/mol. The highest BCUT2D eigenvalue weighted by molar-refractivity contribution is 9.10. The SMILES string of the molecule is Fc1ccc([C@@H]2C3=C(Nc4ncnn42)c2cc(Cl)ccc2O[C@H]3c2ccc(Br)cc2)cc1. The number of anilines is 1. The second-order valence-corrected chi connectivity index (χ2v) is 8.98. The molecular formula is C24H15BrClFN4O. The molecule has 3 heterocycles. The predicted molar refractivity (Wildman–Crippen MR) is 124 cm³/mol. The molecular weight excluding hydrogens is 495 g/mol. The molecule has 32 heavy (non-hydrogen) atoms. The molecule has 6 rings (SSSR count). The first kappa shape index (κ1) is 19.5. The Bertz CT molecular complexity index is 1370. The summed E-state index contributed by atoms with van der Waals surface area (Å²) in [5.74, 6) is 1.03. The maximum atomic E-state index is 13.7. The average Bonchev–Trinajstić information content (AvgIpc) is 3.27. The third-order valence-corrected chi connectivity index (χ3v) is 6.50. The van der Waals surface area contributed by atoms with E-state index < -0.39 is 6.10 Å². The van der Waals surface area contributed by atoms with Crippen LogP contribution in [0.5, 0.6) is 5.75 Å². The first-order valence-electron chi connectivity index (χ1n) is 9.96. The van der Waals surface area contributed by atoms with Crippen molar-refractivity contribution in [3.05, 3.63) is 111 Å². The fraction of sp³-hybridized carbons (Fsp3) is 0.0833. The lowest BCUT2D eigenvalue weighted by molar-refractivity contribution is 0.223. The lowest BCUT2D eigenvalue weighted by Crippen LogP contribution is -2.32. The Labute approximate surface area is 196 Å². The zero-order valence-corrected chi connectivity index (χ0v) is 18.8. The minimum Gasteiger partial charge on any atom is -0.480 e. The van der Waals surface area contributed by atoms with Crippen molar-refractivity contribution in [1.29, 1.82) is 0 Å². The lowest BCUT2D eigenvalue weighted by Gasteiger charge is -2.39. The van der Waals surface area contributed by atoms with Gasteiger partial charge >= 0.3 is 0 Å². The monoisotopic (exact) mass is 508 g/mol. The molecule has 0 saturated carbocycles. The molecule has 0 saturated heterocycles. The Morgan fingerprint density at radius 1 is 1.00 bits per heavy atom. The van der Waals surface area contributed by atoms with Gasteiger partial charge in [0, 0.05) is 20.6 Å². The number of benzene rings is 3. The number of halogens is 3. The van der Waals surface area contributed by atoms with Gasteiger partial charge in [0.15, 0.2) is 0 Å². The molecule has 0 bridgehead atoms. The Balaban J connectivity index is 1.63. The summed E-state index contributed by atoms with van der Waals surface area (Å²) in [5.41, 5.74) is 4.53. The second kappa shape index (κ2) is 7.46. The van der Waals surface area contributed by atoms with Crippen LogP contribution in [0.25, 0.3) is 5.70 Å². The number of rotatable bonds is 2. The van der Waals surface area contributed by atoms with Gasteiger partial charge < -0.3 is 10.1 Å². The van der Waals surface area contributed by atoms with Crippen LogP contribution >= 0.6 is 27.5 Å². The summed E-state index contributed by atoms with van der Waals surface area (Å²) in [6.45, 7) is 0. The van der Waals surface area contributed by atoms with Crippen LogP contribution in [0.4, 0.5) is 10.3 Å². The van der Waals surface area contributed by atoms with E-state index in [1.807, 2.05) is 42.5 Å². The summed E-state index contributed by atoms with van der Waals surface area (Å²) in [7, 11) is 0. The van der Waals surface area contributed by atoms with Crippen molar-refractivity contribution < 1.29 is 9.13 Å². The lowest BCUT2D eigenvalue weighted by atomic mass is 9.84. The van der Waals surface area contributed by atoms with Gasteiger partial charge in [-0.1, -0.05) is 51.8 Å². The van der Waals surface area contributed by atoms with E-state index >= 15 is 0 Å². The van der Waals surface area contributed by atoms with Crippen LogP contribution in [-0.2, 0) is 0 Å². The molecule has 0 spiro atoms. The zero-order valence-electron chi connectivity index (χ0n) is 16.5. The van der Waals surface area contributed by atoms with Gasteiger partial charge in [-0.25, -0.2) is 9.07 Å². The van der Waals surface area contributed by atoms with Gasteiger partial charge in [-0.05, 0) is 53.6 Å². The van der Waals surface area contributed by atoms with Crippen molar-refractivity contribution in [2.24, 2.45) is 0 Å². The summed E-state index contributed by atoms with van der Waals surface area (Å²) >= 11 is 9.85. The molecule has 2 atom stereocenters. The fourth-order valence-corrected chi connectivity index (χ4v) is 4.76. The number of aromatic nitrogens is 3. The zero-order chi connectivity index (χ0) is 21.8. The molecule has 2 aliphatic rings. The van der Waals surface area contributed by atoms with E-state index in [9.17, 15) is 4.39 Å². The quantitative estimate of drug-likeness (QED) is 0.340. The highest BCUT2D eigenvalue weighted by atomic mass is 79.9. The summed E-state index contributed by atoms with van der Waals surface area (Å²) in [4.78, 5) is 4.40. The first-order chi connectivity index (χ1) is 15.6. The van der Waals surface area contributed by atoms with Crippen molar-refractivity contribution in [3.63, 3.8) is 0 Å². The van der Waals surface area contributed by atoms with Gasteiger partial charge in [-0.15, -0.1) is 0 Å². The smallest absolute Gasteiger partial charge is 0.226 e. The maximum Gasteiger partial charge on any atom is 0.226 e. The number of fused-ring (bicyclic) bond motifs is 3. The van der Waals surface area contributed by atoms with E-state index in [4.69, 9.17) is 16.3 Å². The highest BCUT2D eigenvalue weighted by Crippen LogP contribution is 2.51. The Kier molecular flexibility index (Phi) is 4.55. The van der Waals surface area contributed by atoms with Gasteiger partial charge in [0.25, 0.3) is 0 Å². The largest absolute Gasteiger partial charge is 0.480 e. The van der Waals surface area contributed by atoms with Crippen molar-refractivity contribution in [3.8, 4) is 5.75 Å². The van der Waals surface area contributed by atoms with Crippen LogP contribution in [0.1, 0.15) is 28.8 Å². The summed E-state index contributed by atoms with van der Waals surface area (Å²) < 4.78 is 23.1. The third-order valence-electron chi connectivity index (χ3n) is 5.73. The maximum absolute atomic E-state index is 13.7. The predicted octanol–water partition coefficient (Wildman–Crippen LogP) is 6.39. The van der Waals surface area contributed by atoms with Crippen molar-refractivity contribution in [1.82, 2.24) is 14.8 Å². The second-order valence-electron chi connectivity index (χ2n) is 7.63. The number of hydrogen-bond donors (Lipinski definition) is 1. The summed E-state index contributed by atoms with van der Waals surface area (Å²) in [6, 6.07) is 19.7. The molecule has 8 heteroatoms. The molecule has 0 radical (unpaired) electrons. The molecule has 5 nitrogen and oxygen atoms in total. The van der Waals surface area contributed by atoms with Gasteiger partial charge in [-0.2, -0.15) is 10.1 Å². The normalized spacial score (nSPS) is 18.8. The van der Waals surface area contributed by atoms with E-state index in [1.54, 1.807) is 16.8 Å². The van der Waals surface area contributed by atoms with Crippen molar-refractivity contribution in [2.75, 3.05) is 5.32 Å². The van der Waals surface area contributed by atoms with E-state index in [2.05, 4.69) is 31.3 Å². The standard InChI is InChI=1S/C24H15BrClFN4O/c25-15-5-1-14(2-6-15)23-20-21(18-11-16(26)7-10-19(18)32-23)30-24-28-12-29-31(24)22(20)13-3-8-17(27)9-4-13/h1-12,22-23H,(H,28,29,30)/t22-,23+/m1/s1. The van der Waals surface area contributed by atoms with Gasteiger partial charge in [0.1, 0.15) is 30.0 Å². The van der Waals surface area contributed by atoms with E-state index in [-0.39, 0.29) is 11.9 Å². The minimum atomic E-state index is -0.397. The molecule has 4 aromatic rings. The number of ether oxygens (including phenoxy) is 1. The molecule has 0 amide bonds. The molecule has 0 fully saturated rings. The van der Waals surface area contributed by atoms with Gasteiger partial charge in [-0.3, -0.25) is 0 Å². The van der Waals surface area contributed by atoms with Crippen molar-refractivity contribution in [2.45, 2.75) is 12.1 Å². The highest BCUT2D eigenvalue weighted by Gasteiger charge is 2.41. The van der Waals surface area contributed by atoms with Crippen molar-refractivity contribution >= 4 is 39.2 Å². The fourth-order valence-electron chi connectivity index (χ4n) is 4.32. The van der Waals surface area contributed by atoms with Crippen LogP contribution in [0, 0.1) is 5.82 Å². The molecule has 0 unspecified atom stereocenters. The summed E-state index contributed by atoms with van der Waals surface area (Å²) in [6.07, 6.45) is 1.11. The molecule has 1 N–H and O–H groups in total. The molecule has 0 aliphatic carbocycles. The molecule has 1 aromatic heterocycles. The third kappa shape index (κ3) is 3.12.